The summed E-state index contributed by atoms with van der Waals surface area (Å²) in [4.78, 5) is 2.64. The second-order valence-electron chi connectivity index (χ2n) is 6.60. The molecule has 2 aliphatic rings. The van der Waals surface area contributed by atoms with Crippen LogP contribution in [0, 0.1) is 12.3 Å². The van der Waals surface area contributed by atoms with Crippen LogP contribution in [0.5, 0.6) is 0 Å². The molecule has 0 spiro atoms. The third-order valence-corrected chi connectivity index (χ3v) is 4.58. The van der Waals surface area contributed by atoms with Gasteiger partial charge in [0.25, 0.3) is 0 Å². The molecule has 2 atom stereocenters. The fraction of sp³-hybridized carbons (Fsp3) is 0.625. The lowest BCUT2D eigenvalue weighted by atomic mass is 9.80. The van der Waals surface area contributed by atoms with Crippen molar-refractivity contribution >= 4 is 5.69 Å². The molecule has 0 saturated carbocycles. The lowest BCUT2D eigenvalue weighted by Crippen LogP contribution is -2.53. The Morgan fingerprint density at radius 1 is 1.33 bits per heavy atom. The van der Waals surface area contributed by atoms with Crippen molar-refractivity contribution in [2.45, 2.75) is 45.7 Å². The Bertz CT molecular complexity index is 438. The molecule has 3 rings (SSSR count). The van der Waals surface area contributed by atoms with Crippen LogP contribution in [0.4, 0.5) is 5.69 Å². The smallest absolute Gasteiger partial charge is 0.0506 e. The molecule has 18 heavy (non-hydrogen) atoms. The molecular weight excluding hydrogens is 220 g/mol. The highest BCUT2D eigenvalue weighted by Crippen LogP contribution is 2.39. The van der Waals surface area contributed by atoms with Crippen molar-refractivity contribution in [3.8, 4) is 0 Å². The van der Waals surface area contributed by atoms with E-state index >= 15 is 0 Å². The van der Waals surface area contributed by atoms with Crippen molar-refractivity contribution in [2.24, 2.45) is 5.41 Å². The Kier molecular flexibility index (Phi) is 2.86. The van der Waals surface area contributed by atoms with E-state index in [0.717, 1.165) is 6.54 Å². The van der Waals surface area contributed by atoms with Gasteiger partial charge in [-0.2, -0.15) is 0 Å². The van der Waals surface area contributed by atoms with E-state index in [2.05, 4.69) is 55.3 Å². The molecular formula is C16H24N2. The van der Waals surface area contributed by atoms with Gasteiger partial charge in [0.05, 0.1) is 6.04 Å². The molecule has 0 aromatic heterocycles. The summed E-state index contributed by atoms with van der Waals surface area (Å²) in [5, 5.41) is 3.72. The predicted molar refractivity (Wildman–Crippen MR) is 77.1 cm³/mol. The average molecular weight is 244 g/mol. The first-order valence-corrected chi connectivity index (χ1v) is 7.15. The summed E-state index contributed by atoms with van der Waals surface area (Å²) in [5.41, 5.74) is 3.13. The zero-order chi connectivity index (χ0) is 12.8. The van der Waals surface area contributed by atoms with Crippen LogP contribution in [-0.4, -0.2) is 25.2 Å². The second kappa shape index (κ2) is 4.27. The van der Waals surface area contributed by atoms with Crippen LogP contribution in [0.1, 0.15) is 32.3 Å². The van der Waals surface area contributed by atoms with Gasteiger partial charge in [-0.25, -0.2) is 0 Å². The molecule has 2 aliphatic heterocycles. The summed E-state index contributed by atoms with van der Waals surface area (Å²) in [6.07, 6.45) is 2.63. The second-order valence-corrected chi connectivity index (χ2v) is 6.60. The standard InChI is InChI=1S/C16H24N2/c1-12-6-4-7-13(10-12)18-9-5-8-14-15(18)16(2,3)11-17-14/h4,6-7,10,14-15,17H,5,8-9,11H2,1-3H3. The van der Waals surface area contributed by atoms with Gasteiger partial charge in [-0.3, -0.25) is 0 Å². The Hall–Kier alpha value is -1.02. The fourth-order valence-corrected chi connectivity index (χ4v) is 3.77. The number of rotatable bonds is 1. The van der Waals surface area contributed by atoms with Crippen LogP contribution in [0.15, 0.2) is 24.3 Å². The SMILES string of the molecule is Cc1cccc(N2CCCC3NCC(C)(C)C32)c1. The molecule has 2 heteroatoms. The summed E-state index contributed by atoms with van der Waals surface area (Å²) in [5.74, 6) is 0. The molecule has 0 amide bonds. The van der Waals surface area contributed by atoms with Crippen LogP contribution in [0.2, 0.25) is 0 Å². The van der Waals surface area contributed by atoms with Gasteiger partial charge in [0, 0.05) is 24.8 Å². The Labute approximate surface area is 110 Å². The predicted octanol–water partition coefficient (Wildman–Crippen LogP) is 2.96. The molecule has 0 aliphatic carbocycles. The van der Waals surface area contributed by atoms with Gasteiger partial charge in [-0.15, -0.1) is 0 Å². The zero-order valence-electron chi connectivity index (χ0n) is 11.7. The third-order valence-electron chi connectivity index (χ3n) is 4.58. The van der Waals surface area contributed by atoms with E-state index in [1.54, 1.807) is 0 Å². The number of anilines is 1. The highest BCUT2D eigenvalue weighted by molar-refractivity contribution is 5.51. The van der Waals surface area contributed by atoms with E-state index in [1.807, 2.05) is 0 Å². The van der Waals surface area contributed by atoms with Crippen molar-refractivity contribution in [3.63, 3.8) is 0 Å². The van der Waals surface area contributed by atoms with Crippen LogP contribution in [-0.2, 0) is 0 Å². The monoisotopic (exact) mass is 244 g/mol. The van der Waals surface area contributed by atoms with E-state index in [1.165, 1.54) is 30.6 Å². The molecule has 0 radical (unpaired) electrons. The van der Waals surface area contributed by atoms with Gasteiger partial charge in [-0.05, 0) is 42.9 Å². The van der Waals surface area contributed by atoms with Gasteiger partial charge in [0.2, 0.25) is 0 Å². The molecule has 0 bridgehead atoms. The first-order valence-electron chi connectivity index (χ1n) is 7.15. The highest BCUT2D eigenvalue weighted by atomic mass is 15.2. The Morgan fingerprint density at radius 2 is 2.17 bits per heavy atom. The number of nitrogens with zero attached hydrogens (tertiary/aromatic N) is 1. The van der Waals surface area contributed by atoms with Crippen LogP contribution in [0.3, 0.4) is 0 Å². The lowest BCUT2D eigenvalue weighted by molar-refractivity contribution is 0.291. The zero-order valence-corrected chi connectivity index (χ0v) is 11.7. The Morgan fingerprint density at radius 3 is 2.94 bits per heavy atom. The van der Waals surface area contributed by atoms with Crippen LogP contribution < -0.4 is 10.2 Å². The first kappa shape index (κ1) is 12.0. The summed E-state index contributed by atoms with van der Waals surface area (Å²) in [6, 6.07) is 10.3. The van der Waals surface area contributed by atoms with E-state index < -0.39 is 0 Å². The van der Waals surface area contributed by atoms with E-state index in [-0.39, 0.29) is 0 Å². The summed E-state index contributed by atoms with van der Waals surface area (Å²) in [6.45, 7) is 9.33. The van der Waals surface area contributed by atoms with Crippen molar-refractivity contribution in [1.29, 1.82) is 0 Å². The molecule has 2 unspecified atom stereocenters. The number of hydrogen-bond donors (Lipinski definition) is 1. The van der Waals surface area contributed by atoms with E-state index in [4.69, 9.17) is 0 Å². The minimum absolute atomic E-state index is 0.370. The van der Waals surface area contributed by atoms with Crippen LogP contribution in [0.25, 0.3) is 0 Å². The molecule has 1 aromatic rings. The number of benzene rings is 1. The van der Waals surface area contributed by atoms with Crippen molar-refractivity contribution in [1.82, 2.24) is 5.32 Å². The van der Waals surface area contributed by atoms with Crippen molar-refractivity contribution in [3.05, 3.63) is 29.8 Å². The average Bonchev–Trinajstić information content (AvgIpc) is 2.66. The number of fused-ring (bicyclic) bond motifs is 1. The van der Waals surface area contributed by atoms with Gasteiger partial charge >= 0.3 is 0 Å². The topological polar surface area (TPSA) is 15.3 Å². The van der Waals surface area contributed by atoms with Crippen molar-refractivity contribution < 1.29 is 0 Å². The summed E-state index contributed by atoms with van der Waals surface area (Å²) < 4.78 is 0. The number of aryl methyl sites for hydroxylation is 1. The molecule has 98 valence electrons. The first-order chi connectivity index (χ1) is 8.58. The van der Waals surface area contributed by atoms with Gasteiger partial charge in [0.15, 0.2) is 0 Å². The maximum atomic E-state index is 3.72. The minimum Gasteiger partial charge on any atom is -0.366 e. The largest absolute Gasteiger partial charge is 0.366 e. The normalized spacial score (nSPS) is 30.3. The Balaban J connectivity index is 1.95. The van der Waals surface area contributed by atoms with Gasteiger partial charge in [0.1, 0.15) is 0 Å². The van der Waals surface area contributed by atoms with Crippen molar-refractivity contribution in [2.75, 3.05) is 18.0 Å². The summed E-state index contributed by atoms with van der Waals surface area (Å²) >= 11 is 0. The lowest BCUT2D eigenvalue weighted by Gasteiger charge is -2.44. The molecule has 1 aromatic carbocycles. The molecule has 2 fully saturated rings. The maximum absolute atomic E-state index is 3.72. The quantitative estimate of drug-likeness (QED) is 0.817. The van der Waals surface area contributed by atoms with E-state index in [0.29, 0.717) is 17.5 Å². The highest BCUT2D eigenvalue weighted by Gasteiger charge is 2.46. The van der Waals surface area contributed by atoms with Crippen LogP contribution >= 0.6 is 0 Å². The summed E-state index contributed by atoms with van der Waals surface area (Å²) in [7, 11) is 0. The third kappa shape index (κ3) is 1.93. The van der Waals surface area contributed by atoms with Gasteiger partial charge in [-0.1, -0.05) is 26.0 Å². The minimum atomic E-state index is 0.370. The van der Waals surface area contributed by atoms with Gasteiger partial charge < -0.3 is 10.2 Å². The molecule has 1 N–H and O–H groups in total. The maximum Gasteiger partial charge on any atom is 0.0506 e. The molecule has 2 nitrogen and oxygen atoms in total. The number of piperidine rings is 1. The van der Waals surface area contributed by atoms with E-state index in [9.17, 15) is 0 Å². The number of hydrogen-bond acceptors (Lipinski definition) is 2. The molecule has 2 heterocycles. The number of nitrogens with one attached hydrogen (secondary N) is 1. The fourth-order valence-electron chi connectivity index (χ4n) is 3.77. The molecule has 2 saturated heterocycles.